The Morgan fingerprint density at radius 2 is 1.78 bits per heavy atom. The molecule has 0 amide bonds. The van der Waals surface area contributed by atoms with Crippen molar-refractivity contribution >= 4 is 0 Å². The molecule has 1 saturated heterocycles. The summed E-state index contributed by atoms with van der Waals surface area (Å²) in [6.07, 6.45) is 12.0. The molecule has 0 N–H and O–H groups in total. The number of piperidine rings is 1. The van der Waals surface area contributed by atoms with Gasteiger partial charge in [0.15, 0.2) is 0 Å². The molecule has 1 nitrogen and oxygen atoms in total. The average molecular weight is 251 g/mol. The maximum Gasteiger partial charge on any atom is 0.00445 e. The minimum atomic E-state index is 0.708. The standard InChI is InChI=1S/C15H27N.C2H6/c1-4-6-10-15(5-2)14(3)13-16-11-8-7-9-12-16;1-2/h4,6,10,14H,5,7-9,11-13H2,1-3H3;1-2H3/b6-4-,15-10+;/t14-;/m0./s1. The van der Waals surface area contributed by atoms with Crippen molar-refractivity contribution in [2.24, 2.45) is 5.92 Å². The summed E-state index contributed by atoms with van der Waals surface area (Å²) < 4.78 is 0. The molecule has 1 aliphatic heterocycles. The van der Waals surface area contributed by atoms with E-state index in [1.165, 1.54) is 45.3 Å². The highest BCUT2D eigenvalue weighted by atomic mass is 15.1. The molecule has 0 bridgehead atoms. The predicted octanol–water partition coefficient (Wildman–Crippen LogP) is 5.05. The van der Waals surface area contributed by atoms with Crippen LogP contribution >= 0.6 is 0 Å². The Kier molecular flexibility index (Phi) is 11.2. The van der Waals surface area contributed by atoms with E-state index in [2.05, 4.69) is 43.9 Å². The number of hydrogen-bond donors (Lipinski definition) is 0. The molecular weight excluding hydrogens is 218 g/mol. The van der Waals surface area contributed by atoms with E-state index in [4.69, 9.17) is 0 Å². The molecule has 0 aromatic rings. The van der Waals surface area contributed by atoms with E-state index < -0.39 is 0 Å². The lowest BCUT2D eigenvalue weighted by atomic mass is 9.96. The monoisotopic (exact) mass is 251 g/mol. The highest BCUT2D eigenvalue weighted by molar-refractivity contribution is 5.14. The molecule has 0 saturated carbocycles. The first kappa shape index (κ1) is 17.4. The maximum absolute atomic E-state index is 2.63. The quantitative estimate of drug-likeness (QED) is 0.618. The summed E-state index contributed by atoms with van der Waals surface area (Å²) in [5.41, 5.74) is 1.59. The topological polar surface area (TPSA) is 3.24 Å². The van der Waals surface area contributed by atoms with Crippen LogP contribution in [0.1, 0.15) is 60.3 Å². The van der Waals surface area contributed by atoms with Crippen LogP contribution in [0.5, 0.6) is 0 Å². The second-order valence-corrected chi connectivity index (χ2v) is 4.88. The molecule has 0 aromatic carbocycles. The molecule has 0 aliphatic carbocycles. The smallest absolute Gasteiger partial charge is 0.00445 e. The zero-order chi connectivity index (χ0) is 13.8. The van der Waals surface area contributed by atoms with Crippen LogP contribution in [-0.2, 0) is 0 Å². The van der Waals surface area contributed by atoms with E-state index >= 15 is 0 Å². The van der Waals surface area contributed by atoms with Crippen molar-refractivity contribution in [3.8, 4) is 0 Å². The van der Waals surface area contributed by atoms with Crippen LogP contribution in [0, 0.1) is 5.92 Å². The lowest BCUT2D eigenvalue weighted by Gasteiger charge is -2.29. The van der Waals surface area contributed by atoms with Crippen LogP contribution in [-0.4, -0.2) is 24.5 Å². The minimum Gasteiger partial charge on any atom is -0.303 e. The third-order valence-corrected chi connectivity index (χ3v) is 3.52. The summed E-state index contributed by atoms with van der Waals surface area (Å²) in [4.78, 5) is 2.63. The summed E-state index contributed by atoms with van der Waals surface area (Å²) in [6, 6.07) is 0. The lowest BCUT2D eigenvalue weighted by molar-refractivity contribution is 0.209. The Bertz CT molecular complexity index is 234. The highest BCUT2D eigenvalue weighted by Gasteiger charge is 2.14. The third-order valence-electron chi connectivity index (χ3n) is 3.52. The molecule has 1 fully saturated rings. The van der Waals surface area contributed by atoms with Gasteiger partial charge in [0.25, 0.3) is 0 Å². The van der Waals surface area contributed by atoms with Crippen LogP contribution in [0.4, 0.5) is 0 Å². The molecular formula is C17H33N. The molecule has 0 aromatic heterocycles. The van der Waals surface area contributed by atoms with Gasteiger partial charge in [0.05, 0.1) is 0 Å². The van der Waals surface area contributed by atoms with Gasteiger partial charge in [-0.2, -0.15) is 0 Å². The fraction of sp³-hybridized carbons (Fsp3) is 0.765. The molecule has 1 atom stereocenters. The van der Waals surface area contributed by atoms with E-state index in [1.54, 1.807) is 5.57 Å². The Hall–Kier alpha value is -0.560. The van der Waals surface area contributed by atoms with Crippen molar-refractivity contribution in [1.82, 2.24) is 4.90 Å². The highest BCUT2D eigenvalue weighted by Crippen LogP contribution is 2.18. The van der Waals surface area contributed by atoms with Crippen LogP contribution in [0.15, 0.2) is 23.8 Å². The molecule has 1 heterocycles. The van der Waals surface area contributed by atoms with Crippen molar-refractivity contribution in [3.63, 3.8) is 0 Å². The van der Waals surface area contributed by atoms with E-state index in [0.29, 0.717) is 5.92 Å². The van der Waals surface area contributed by atoms with Gasteiger partial charge in [0.2, 0.25) is 0 Å². The SMILES string of the molecule is C/C=C\C=C(/CC)[C@@H](C)CN1CCCCC1.CC. The maximum atomic E-state index is 2.63. The van der Waals surface area contributed by atoms with E-state index in [0.717, 1.165) is 0 Å². The van der Waals surface area contributed by atoms with E-state index in [-0.39, 0.29) is 0 Å². The fourth-order valence-corrected chi connectivity index (χ4v) is 2.50. The molecule has 0 unspecified atom stereocenters. The Morgan fingerprint density at radius 1 is 1.17 bits per heavy atom. The Morgan fingerprint density at radius 3 is 2.28 bits per heavy atom. The van der Waals surface area contributed by atoms with Crippen LogP contribution < -0.4 is 0 Å². The van der Waals surface area contributed by atoms with Gasteiger partial charge in [-0.1, -0.05) is 57.9 Å². The van der Waals surface area contributed by atoms with Gasteiger partial charge in [-0.3, -0.25) is 0 Å². The summed E-state index contributed by atoms with van der Waals surface area (Å²) in [5.74, 6) is 0.708. The van der Waals surface area contributed by atoms with Crippen LogP contribution in [0.2, 0.25) is 0 Å². The van der Waals surface area contributed by atoms with Crippen molar-refractivity contribution in [2.45, 2.75) is 60.3 Å². The zero-order valence-corrected chi connectivity index (χ0v) is 13.2. The van der Waals surface area contributed by atoms with Gasteiger partial charge in [-0.25, -0.2) is 0 Å². The van der Waals surface area contributed by atoms with Crippen molar-refractivity contribution < 1.29 is 0 Å². The fourth-order valence-electron chi connectivity index (χ4n) is 2.50. The number of nitrogens with zero attached hydrogens (tertiary/aromatic N) is 1. The largest absolute Gasteiger partial charge is 0.303 e. The van der Waals surface area contributed by atoms with E-state index in [1.807, 2.05) is 13.8 Å². The normalized spacial score (nSPS) is 19.5. The first-order valence-corrected chi connectivity index (χ1v) is 7.82. The molecule has 0 radical (unpaired) electrons. The summed E-state index contributed by atoms with van der Waals surface area (Å²) in [6.45, 7) is 14.6. The second kappa shape index (κ2) is 11.5. The lowest BCUT2D eigenvalue weighted by Crippen LogP contribution is -2.33. The molecule has 18 heavy (non-hydrogen) atoms. The molecule has 0 spiro atoms. The number of rotatable bonds is 5. The number of hydrogen-bond acceptors (Lipinski definition) is 1. The second-order valence-electron chi connectivity index (χ2n) is 4.88. The van der Waals surface area contributed by atoms with Gasteiger partial charge in [-0.15, -0.1) is 0 Å². The summed E-state index contributed by atoms with van der Waals surface area (Å²) >= 11 is 0. The Balaban J connectivity index is 0.00000137. The van der Waals surface area contributed by atoms with Crippen molar-refractivity contribution in [1.29, 1.82) is 0 Å². The van der Waals surface area contributed by atoms with Crippen LogP contribution in [0.3, 0.4) is 0 Å². The molecule has 106 valence electrons. The average Bonchev–Trinajstić information content (AvgIpc) is 2.43. The van der Waals surface area contributed by atoms with Gasteiger partial charge in [-0.05, 0) is 45.2 Å². The first-order chi connectivity index (χ1) is 8.77. The van der Waals surface area contributed by atoms with Gasteiger partial charge in [0.1, 0.15) is 0 Å². The number of allylic oxidation sites excluding steroid dienone is 3. The van der Waals surface area contributed by atoms with Crippen molar-refractivity contribution in [2.75, 3.05) is 19.6 Å². The molecule has 1 rings (SSSR count). The van der Waals surface area contributed by atoms with Crippen LogP contribution in [0.25, 0.3) is 0 Å². The zero-order valence-electron chi connectivity index (χ0n) is 13.2. The van der Waals surface area contributed by atoms with E-state index in [9.17, 15) is 0 Å². The number of likely N-dealkylation sites (tertiary alicyclic amines) is 1. The third kappa shape index (κ3) is 7.00. The van der Waals surface area contributed by atoms with Gasteiger partial charge >= 0.3 is 0 Å². The molecule has 1 aliphatic rings. The summed E-state index contributed by atoms with van der Waals surface area (Å²) in [5, 5.41) is 0. The summed E-state index contributed by atoms with van der Waals surface area (Å²) in [7, 11) is 0. The Labute approximate surface area is 115 Å². The molecule has 1 heteroatoms. The minimum absolute atomic E-state index is 0.708. The van der Waals surface area contributed by atoms with Gasteiger partial charge in [0, 0.05) is 6.54 Å². The van der Waals surface area contributed by atoms with Crippen molar-refractivity contribution in [3.05, 3.63) is 23.8 Å². The first-order valence-electron chi connectivity index (χ1n) is 7.82. The van der Waals surface area contributed by atoms with Gasteiger partial charge < -0.3 is 4.90 Å². The predicted molar refractivity (Wildman–Crippen MR) is 84.0 cm³/mol.